The number of nitrogens with one attached hydrogen (secondary N) is 1. The summed E-state index contributed by atoms with van der Waals surface area (Å²) >= 11 is 0. The number of likely N-dealkylation sites (N-methyl/N-ethyl adjacent to an activating group) is 1. The molecule has 53 heavy (non-hydrogen) atoms. The van der Waals surface area contributed by atoms with Gasteiger partial charge >= 0.3 is 18.0 Å². The molecule has 0 spiro atoms. The Morgan fingerprint density at radius 2 is 1.04 bits per heavy atom. The summed E-state index contributed by atoms with van der Waals surface area (Å²) < 4.78 is 29.2. The zero-order valence-electron chi connectivity index (χ0n) is 35.4. The van der Waals surface area contributed by atoms with Gasteiger partial charge in [0.05, 0.1) is 18.3 Å². The molecule has 0 saturated carbocycles. The van der Waals surface area contributed by atoms with Crippen molar-refractivity contribution in [3.05, 3.63) is 0 Å². The minimum Gasteiger partial charge on any atom is -0.465 e. The van der Waals surface area contributed by atoms with E-state index in [2.05, 4.69) is 51.8 Å². The molecule has 1 N–H and O–H groups in total. The highest BCUT2D eigenvalue weighted by Crippen LogP contribution is 2.20. The van der Waals surface area contributed by atoms with Crippen LogP contribution in [-0.4, -0.2) is 88.4 Å². The number of unbranched alkanes of at least 4 members (excludes halogenated alkanes) is 14. The Kier molecular flexibility index (Phi) is 37.0. The lowest BCUT2D eigenvalue weighted by atomic mass is 9.95. The maximum absolute atomic E-state index is 13.2. The van der Waals surface area contributed by atoms with E-state index in [9.17, 15) is 14.4 Å². The van der Waals surface area contributed by atoms with Gasteiger partial charge in [-0.25, -0.2) is 4.79 Å². The van der Waals surface area contributed by atoms with Crippen molar-refractivity contribution in [2.75, 3.05) is 59.2 Å². The van der Waals surface area contributed by atoms with Crippen molar-refractivity contribution >= 4 is 18.0 Å². The highest BCUT2D eigenvalue weighted by Gasteiger charge is 2.23. The zero-order chi connectivity index (χ0) is 39.2. The minimum atomic E-state index is -0.538. The molecule has 314 valence electrons. The van der Waals surface area contributed by atoms with Crippen LogP contribution in [-0.2, 0) is 33.3 Å². The van der Waals surface area contributed by atoms with E-state index in [-0.39, 0.29) is 44.1 Å². The molecular formula is C43H84N2O8. The van der Waals surface area contributed by atoms with Crippen molar-refractivity contribution in [3.8, 4) is 0 Å². The van der Waals surface area contributed by atoms with Crippen molar-refractivity contribution in [2.45, 2.75) is 189 Å². The SMILES string of the molecule is CCCCCCCCOC(CCC(=O)OCC(COC(=O)NCCN(CC)CC)COC(=O)C(CCCC)CCCCCC)OCCCCCCCC. The number of rotatable bonds is 39. The molecule has 0 heterocycles. The smallest absolute Gasteiger partial charge is 0.407 e. The number of nitrogens with zero attached hydrogens (tertiary/aromatic N) is 1. The molecule has 0 aliphatic rings. The summed E-state index contributed by atoms with van der Waals surface area (Å²) in [6.07, 6.45) is 21.7. The van der Waals surface area contributed by atoms with Gasteiger partial charge in [-0.1, -0.05) is 144 Å². The van der Waals surface area contributed by atoms with Crippen LogP contribution in [0.4, 0.5) is 4.79 Å². The van der Waals surface area contributed by atoms with Crippen molar-refractivity contribution in [1.29, 1.82) is 0 Å². The summed E-state index contributed by atoms with van der Waals surface area (Å²) in [4.78, 5) is 40.9. The Morgan fingerprint density at radius 1 is 0.547 bits per heavy atom. The van der Waals surface area contributed by atoms with Gasteiger partial charge in [0.25, 0.3) is 0 Å². The highest BCUT2D eigenvalue weighted by atomic mass is 16.7. The topological polar surface area (TPSA) is 113 Å². The van der Waals surface area contributed by atoms with Gasteiger partial charge < -0.3 is 33.9 Å². The summed E-state index contributed by atoms with van der Waals surface area (Å²) in [6, 6.07) is 0. The third kappa shape index (κ3) is 32.1. The number of alkyl carbamates (subject to hydrolysis) is 1. The minimum absolute atomic E-state index is 0.0157. The fraction of sp³-hybridized carbons (Fsp3) is 0.930. The fourth-order valence-electron chi connectivity index (χ4n) is 6.14. The molecule has 0 aromatic heterocycles. The van der Waals surface area contributed by atoms with Crippen LogP contribution in [0.15, 0.2) is 0 Å². The zero-order valence-corrected chi connectivity index (χ0v) is 35.4. The lowest BCUT2D eigenvalue weighted by molar-refractivity contribution is -0.161. The molecule has 10 nitrogen and oxygen atoms in total. The first-order chi connectivity index (χ1) is 25.8. The second kappa shape index (κ2) is 38.4. The second-order valence-corrected chi connectivity index (χ2v) is 14.7. The van der Waals surface area contributed by atoms with Gasteiger partial charge in [-0.05, 0) is 38.8 Å². The summed E-state index contributed by atoms with van der Waals surface area (Å²) in [5.41, 5.74) is 0. The standard InChI is InChI=1S/C43H84N2O8/c1-7-13-17-20-22-25-33-49-41(50-34-26-23-21-18-14-8-2)30-29-40(46)51-35-38(37-53-43(48)44-31-32-45(11-5)12-6)36-52-42(47)39(27-16-10-4)28-24-19-15-9-3/h38-39,41H,7-37H2,1-6H3,(H,44,48). The molecular weight excluding hydrogens is 672 g/mol. The first-order valence-electron chi connectivity index (χ1n) is 22.0. The molecule has 0 aliphatic heterocycles. The van der Waals surface area contributed by atoms with E-state index < -0.39 is 18.3 Å². The number of hydrogen-bond acceptors (Lipinski definition) is 9. The van der Waals surface area contributed by atoms with Crippen molar-refractivity contribution in [1.82, 2.24) is 10.2 Å². The Morgan fingerprint density at radius 3 is 1.60 bits per heavy atom. The van der Waals surface area contributed by atoms with Crippen LogP contribution in [0.2, 0.25) is 0 Å². The van der Waals surface area contributed by atoms with E-state index in [0.717, 1.165) is 96.7 Å². The Hall–Kier alpha value is -1.91. The number of carbonyl (C=O) groups excluding carboxylic acids is 3. The molecule has 0 saturated heterocycles. The Labute approximate surface area is 325 Å². The average molecular weight is 757 g/mol. The van der Waals surface area contributed by atoms with E-state index in [1.54, 1.807) is 0 Å². The normalized spacial score (nSPS) is 12.6. The van der Waals surface area contributed by atoms with Crippen molar-refractivity contribution in [2.24, 2.45) is 11.8 Å². The first-order valence-corrected chi connectivity index (χ1v) is 22.0. The Bertz CT molecular complexity index is 823. The second-order valence-electron chi connectivity index (χ2n) is 14.7. The quantitative estimate of drug-likeness (QED) is 0.0283. The van der Waals surface area contributed by atoms with Crippen LogP contribution in [0.5, 0.6) is 0 Å². The van der Waals surface area contributed by atoms with Crippen molar-refractivity contribution in [3.63, 3.8) is 0 Å². The van der Waals surface area contributed by atoms with Crippen molar-refractivity contribution < 1.29 is 38.1 Å². The number of esters is 2. The number of hydrogen-bond donors (Lipinski definition) is 1. The van der Waals surface area contributed by atoms with Crippen LogP contribution < -0.4 is 5.32 Å². The Balaban J connectivity index is 5.20. The van der Waals surface area contributed by atoms with Gasteiger partial charge in [0.2, 0.25) is 0 Å². The van der Waals surface area contributed by atoms with Crippen LogP contribution in [0.3, 0.4) is 0 Å². The van der Waals surface area contributed by atoms with Crippen LogP contribution in [0.1, 0.15) is 183 Å². The predicted molar refractivity (Wildman–Crippen MR) is 216 cm³/mol. The molecule has 1 amide bonds. The summed E-state index contributed by atoms with van der Waals surface area (Å²) in [5.74, 6) is -1.23. The molecule has 0 rings (SSSR count). The predicted octanol–water partition coefficient (Wildman–Crippen LogP) is 10.4. The highest BCUT2D eigenvalue weighted by molar-refractivity contribution is 5.72. The lowest BCUT2D eigenvalue weighted by Gasteiger charge is -2.21. The molecule has 2 atom stereocenters. The number of ether oxygens (including phenoxy) is 5. The van der Waals surface area contributed by atoms with E-state index in [1.165, 1.54) is 51.4 Å². The maximum Gasteiger partial charge on any atom is 0.407 e. The lowest BCUT2D eigenvalue weighted by Crippen LogP contribution is -2.36. The van der Waals surface area contributed by atoms with Gasteiger partial charge in [0.15, 0.2) is 6.29 Å². The van der Waals surface area contributed by atoms with Crippen LogP contribution in [0, 0.1) is 11.8 Å². The van der Waals surface area contributed by atoms with Gasteiger partial charge in [0.1, 0.15) is 19.8 Å². The van der Waals surface area contributed by atoms with E-state index >= 15 is 0 Å². The van der Waals surface area contributed by atoms with Crippen LogP contribution in [0.25, 0.3) is 0 Å². The molecule has 0 bridgehead atoms. The molecule has 0 radical (unpaired) electrons. The summed E-state index contributed by atoms with van der Waals surface area (Å²) in [7, 11) is 0. The molecule has 0 aromatic rings. The molecule has 0 aromatic carbocycles. The number of carbonyl (C=O) groups is 3. The average Bonchev–Trinajstić information content (AvgIpc) is 3.16. The third-order valence-electron chi connectivity index (χ3n) is 9.82. The van der Waals surface area contributed by atoms with E-state index in [0.29, 0.717) is 26.2 Å². The largest absolute Gasteiger partial charge is 0.465 e. The summed E-state index contributed by atoms with van der Waals surface area (Å²) in [6.45, 7) is 17.1. The molecule has 0 aliphatic carbocycles. The first kappa shape index (κ1) is 51.1. The molecule has 10 heteroatoms. The van der Waals surface area contributed by atoms with Gasteiger partial charge in [-0.2, -0.15) is 0 Å². The summed E-state index contributed by atoms with van der Waals surface area (Å²) in [5, 5.41) is 2.80. The van der Waals surface area contributed by atoms with E-state index in [4.69, 9.17) is 23.7 Å². The maximum atomic E-state index is 13.2. The van der Waals surface area contributed by atoms with Gasteiger partial charge in [0, 0.05) is 32.7 Å². The fourth-order valence-corrected chi connectivity index (χ4v) is 6.14. The van der Waals surface area contributed by atoms with Gasteiger partial charge in [-0.3, -0.25) is 9.59 Å². The monoisotopic (exact) mass is 757 g/mol. The van der Waals surface area contributed by atoms with Crippen LogP contribution >= 0.6 is 0 Å². The molecule has 0 fully saturated rings. The molecule has 2 unspecified atom stereocenters. The van der Waals surface area contributed by atoms with E-state index in [1.807, 2.05) is 0 Å². The third-order valence-corrected chi connectivity index (χ3v) is 9.82. The number of amides is 1. The van der Waals surface area contributed by atoms with Gasteiger partial charge in [-0.15, -0.1) is 0 Å².